The number of hydrogen-bond donors (Lipinski definition) is 1. The minimum atomic E-state index is -3.91. The van der Waals surface area contributed by atoms with E-state index in [1.165, 1.54) is 37.4 Å². The Bertz CT molecular complexity index is 681. The zero-order chi connectivity index (χ0) is 14.0. The van der Waals surface area contributed by atoms with Crippen molar-refractivity contribution in [1.29, 1.82) is 0 Å². The molecule has 1 heterocycles. The lowest BCUT2D eigenvalue weighted by Gasteiger charge is -2.17. The average Bonchev–Trinajstić information content (AvgIpc) is 2.87. The van der Waals surface area contributed by atoms with Crippen molar-refractivity contribution in [2.45, 2.75) is 11.7 Å². The Morgan fingerprint density at radius 1 is 1.32 bits per heavy atom. The van der Waals surface area contributed by atoms with E-state index in [0.29, 0.717) is 0 Å². The molecule has 1 N–H and O–H groups in total. The van der Waals surface area contributed by atoms with Crippen LogP contribution in [0.25, 0.3) is 0 Å². The maximum absolute atomic E-state index is 13.1. The van der Waals surface area contributed by atoms with Gasteiger partial charge >= 0.3 is 0 Å². The first kappa shape index (κ1) is 13.6. The Morgan fingerprint density at radius 3 is 2.63 bits per heavy atom. The van der Waals surface area contributed by atoms with Crippen LogP contribution in [0.4, 0.5) is 10.1 Å². The minimum Gasteiger partial charge on any atom is -0.445 e. The van der Waals surface area contributed by atoms with Gasteiger partial charge in [0, 0.05) is 7.05 Å². The largest absolute Gasteiger partial charge is 0.445 e. The monoisotopic (exact) mass is 285 g/mol. The van der Waals surface area contributed by atoms with Crippen molar-refractivity contribution in [1.82, 2.24) is 0 Å². The Labute approximate surface area is 109 Å². The number of benzene rings is 1. The third-order valence-electron chi connectivity index (χ3n) is 2.58. The Kier molecular flexibility index (Phi) is 3.59. The summed E-state index contributed by atoms with van der Waals surface area (Å²) in [6, 6.07) is 7.83. The van der Waals surface area contributed by atoms with Gasteiger partial charge in [-0.25, -0.2) is 4.39 Å². The number of aliphatic hydroxyl groups excluding tert-OH is 1. The summed E-state index contributed by atoms with van der Waals surface area (Å²) in [6.07, 6.45) is 0. The highest BCUT2D eigenvalue weighted by molar-refractivity contribution is 7.92. The van der Waals surface area contributed by atoms with Crippen LogP contribution in [0.15, 0.2) is 45.9 Å². The van der Waals surface area contributed by atoms with E-state index in [0.717, 1.165) is 10.4 Å². The number of halogens is 1. The standard InChI is InChI=1S/C12H12FNO4S/c1-14(10-4-2-3-9(13)7-10)19(16,17)12-6-5-11(8-15)18-12/h2-7,15H,8H2,1H3. The smallest absolute Gasteiger partial charge is 0.297 e. The molecule has 0 amide bonds. The van der Waals surface area contributed by atoms with Crippen LogP contribution in [0.5, 0.6) is 0 Å². The molecule has 0 unspecified atom stereocenters. The van der Waals surface area contributed by atoms with Crippen molar-refractivity contribution < 1.29 is 22.3 Å². The summed E-state index contributed by atoms with van der Waals surface area (Å²) in [4.78, 5) is 0. The first-order valence-corrected chi connectivity index (χ1v) is 6.83. The summed E-state index contributed by atoms with van der Waals surface area (Å²) >= 11 is 0. The van der Waals surface area contributed by atoms with E-state index in [-0.39, 0.29) is 23.1 Å². The minimum absolute atomic E-state index is 0.145. The van der Waals surface area contributed by atoms with Crippen LogP contribution in [-0.4, -0.2) is 20.6 Å². The van der Waals surface area contributed by atoms with Crippen molar-refractivity contribution >= 4 is 15.7 Å². The fourth-order valence-corrected chi connectivity index (χ4v) is 2.64. The predicted molar refractivity (Wildman–Crippen MR) is 66.6 cm³/mol. The van der Waals surface area contributed by atoms with E-state index < -0.39 is 15.8 Å². The van der Waals surface area contributed by atoms with Crippen molar-refractivity contribution in [3.05, 3.63) is 48.0 Å². The van der Waals surface area contributed by atoms with Crippen LogP contribution in [0.3, 0.4) is 0 Å². The van der Waals surface area contributed by atoms with Crippen molar-refractivity contribution in [2.75, 3.05) is 11.4 Å². The van der Waals surface area contributed by atoms with E-state index in [1.807, 2.05) is 0 Å². The van der Waals surface area contributed by atoms with E-state index in [4.69, 9.17) is 9.52 Å². The van der Waals surface area contributed by atoms with Gasteiger partial charge in [-0.05, 0) is 30.3 Å². The molecule has 5 nitrogen and oxygen atoms in total. The average molecular weight is 285 g/mol. The second-order valence-corrected chi connectivity index (χ2v) is 5.73. The normalized spacial score (nSPS) is 11.5. The third kappa shape index (κ3) is 2.61. The maximum atomic E-state index is 13.1. The first-order valence-electron chi connectivity index (χ1n) is 5.39. The fraction of sp³-hybridized carbons (Fsp3) is 0.167. The van der Waals surface area contributed by atoms with Gasteiger partial charge in [0.15, 0.2) is 0 Å². The second kappa shape index (κ2) is 5.02. The number of nitrogens with zero attached hydrogens (tertiary/aromatic N) is 1. The molecule has 0 saturated heterocycles. The molecule has 0 radical (unpaired) electrons. The lowest BCUT2D eigenvalue weighted by molar-refractivity contribution is 0.236. The van der Waals surface area contributed by atoms with E-state index >= 15 is 0 Å². The zero-order valence-corrected chi connectivity index (χ0v) is 10.9. The van der Waals surface area contributed by atoms with Crippen LogP contribution in [-0.2, 0) is 16.6 Å². The molecule has 0 aliphatic carbocycles. The highest BCUT2D eigenvalue weighted by Crippen LogP contribution is 2.23. The molecular formula is C12H12FNO4S. The molecule has 7 heteroatoms. The van der Waals surface area contributed by atoms with Gasteiger partial charge in [0.25, 0.3) is 10.0 Å². The van der Waals surface area contributed by atoms with Crippen molar-refractivity contribution in [3.8, 4) is 0 Å². The summed E-state index contributed by atoms with van der Waals surface area (Å²) in [5, 5.41) is 8.55. The third-order valence-corrected chi connectivity index (χ3v) is 4.24. The summed E-state index contributed by atoms with van der Waals surface area (Å²) in [6.45, 7) is -0.390. The maximum Gasteiger partial charge on any atom is 0.297 e. The van der Waals surface area contributed by atoms with Crippen LogP contribution >= 0.6 is 0 Å². The molecule has 0 bridgehead atoms. The lowest BCUT2D eigenvalue weighted by Crippen LogP contribution is -2.26. The topological polar surface area (TPSA) is 70.8 Å². The van der Waals surface area contributed by atoms with Crippen LogP contribution < -0.4 is 4.31 Å². The number of rotatable bonds is 4. The molecule has 0 saturated carbocycles. The molecule has 0 spiro atoms. The molecule has 1 aromatic heterocycles. The van der Waals surface area contributed by atoms with Crippen molar-refractivity contribution in [3.63, 3.8) is 0 Å². The highest BCUT2D eigenvalue weighted by atomic mass is 32.2. The number of anilines is 1. The lowest BCUT2D eigenvalue weighted by atomic mass is 10.3. The van der Waals surface area contributed by atoms with Crippen LogP contribution in [0, 0.1) is 5.82 Å². The Hall–Kier alpha value is -1.86. The Morgan fingerprint density at radius 2 is 2.05 bits per heavy atom. The van der Waals surface area contributed by atoms with Gasteiger partial charge in [-0.15, -0.1) is 0 Å². The van der Waals surface area contributed by atoms with Gasteiger partial charge in [-0.3, -0.25) is 4.31 Å². The van der Waals surface area contributed by atoms with Gasteiger partial charge in [0.05, 0.1) is 5.69 Å². The molecule has 0 aliphatic heterocycles. The fourth-order valence-electron chi connectivity index (χ4n) is 1.53. The Balaban J connectivity index is 2.39. The number of sulfonamides is 1. The first-order chi connectivity index (χ1) is 8.95. The molecule has 0 aliphatic rings. The molecule has 1 aromatic carbocycles. The van der Waals surface area contributed by atoms with Crippen LogP contribution in [0.1, 0.15) is 5.76 Å². The van der Waals surface area contributed by atoms with Gasteiger partial charge in [0.1, 0.15) is 18.2 Å². The summed E-state index contributed by atoms with van der Waals surface area (Å²) in [7, 11) is -2.61. The number of aliphatic hydroxyl groups is 1. The molecule has 19 heavy (non-hydrogen) atoms. The molecular weight excluding hydrogens is 273 g/mol. The number of furan rings is 1. The van der Waals surface area contributed by atoms with E-state index in [2.05, 4.69) is 0 Å². The summed E-state index contributed by atoms with van der Waals surface area (Å²) in [5.74, 6) is -0.388. The molecule has 2 rings (SSSR count). The molecule has 2 aromatic rings. The quantitative estimate of drug-likeness (QED) is 0.928. The predicted octanol–water partition coefficient (Wildman–Crippen LogP) is 1.74. The van der Waals surface area contributed by atoms with Gasteiger partial charge in [-0.2, -0.15) is 8.42 Å². The van der Waals surface area contributed by atoms with Crippen molar-refractivity contribution in [2.24, 2.45) is 0 Å². The summed E-state index contributed by atoms with van der Waals surface area (Å²) in [5.41, 5.74) is 0.182. The molecule has 0 atom stereocenters. The highest BCUT2D eigenvalue weighted by Gasteiger charge is 2.25. The summed E-state index contributed by atoms with van der Waals surface area (Å²) < 4.78 is 43.4. The van der Waals surface area contributed by atoms with Gasteiger partial charge in [0.2, 0.25) is 5.09 Å². The molecule has 102 valence electrons. The van der Waals surface area contributed by atoms with E-state index in [9.17, 15) is 12.8 Å². The second-order valence-electron chi connectivity index (χ2n) is 3.83. The molecule has 0 fully saturated rings. The van der Waals surface area contributed by atoms with Gasteiger partial charge in [-0.1, -0.05) is 6.07 Å². The van der Waals surface area contributed by atoms with Crippen LogP contribution in [0.2, 0.25) is 0 Å². The zero-order valence-electron chi connectivity index (χ0n) is 10.1. The van der Waals surface area contributed by atoms with E-state index in [1.54, 1.807) is 0 Å². The SMILES string of the molecule is CN(c1cccc(F)c1)S(=O)(=O)c1ccc(CO)o1. The number of hydrogen-bond acceptors (Lipinski definition) is 4. The van der Waals surface area contributed by atoms with Gasteiger partial charge < -0.3 is 9.52 Å².